The maximum Gasteiger partial charge on any atom is 0.260 e. The number of rotatable bonds is 3. The molecule has 2 N–H and O–H groups in total. The van der Waals surface area contributed by atoms with E-state index in [0.717, 1.165) is 13.0 Å². The van der Waals surface area contributed by atoms with E-state index in [4.69, 9.17) is 10.5 Å². The summed E-state index contributed by atoms with van der Waals surface area (Å²) in [5.74, 6) is 0.632. The lowest BCUT2D eigenvalue weighted by Gasteiger charge is -2.28. The van der Waals surface area contributed by atoms with Crippen LogP contribution in [0.2, 0.25) is 0 Å². The highest BCUT2D eigenvalue weighted by molar-refractivity contribution is 5.78. The number of benzene rings is 2. The summed E-state index contributed by atoms with van der Waals surface area (Å²) in [6.45, 7) is 1.46. The van der Waals surface area contributed by atoms with Gasteiger partial charge in [0.2, 0.25) is 0 Å². The molecular weight excluding hydrogens is 264 g/mol. The van der Waals surface area contributed by atoms with Gasteiger partial charge in [-0.3, -0.25) is 4.79 Å². The van der Waals surface area contributed by atoms with Crippen LogP contribution in [-0.4, -0.2) is 24.0 Å². The maximum absolute atomic E-state index is 12.2. The van der Waals surface area contributed by atoms with Crippen LogP contribution in [0.25, 0.3) is 0 Å². The zero-order valence-corrected chi connectivity index (χ0v) is 11.8. The number of nitrogens with two attached hydrogens (primary N) is 1. The Kier molecular flexibility index (Phi) is 3.77. The third-order valence-corrected chi connectivity index (χ3v) is 3.70. The van der Waals surface area contributed by atoms with Crippen LogP contribution in [0.5, 0.6) is 5.75 Å². The summed E-state index contributed by atoms with van der Waals surface area (Å²) in [5.41, 5.74) is 8.87. The monoisotopic (exact) mass is 282 g/mol. The Labute approximate surface area is 124 Å². The number of anilines is 1. The molecule has 2 aromatic rings. The number of ether oxygens (including phenoxy) is 1. The Morgan fingerprint density at radius 1 is 1.14 bits per heavy atom. The van der Waals surface area contributed by atoms with Crippen LogP contribution >= 0.6 is 0 Å². The van der Waals surface area contributed by atoms with Crippen LogP contribution in [0.15, 0.2) is 48.5 Å². The molecule has 0 atom stereocenters. The minimum atomic E-state index is 0.00641. The van der Waals surface area contributed by atoms with Crippen LogP contribution < -0.4 is 10.5 Å². The van der Waals surface area contributed by atoms with Gasteiger partial charge in [-0.25, -0.2) is 0 Å². The number of carbonyl (C=O) groups excluding carboxylic acids is 1. The molecule has 3 rings (SSSR count). The van der Waals surface area contributed by atoms with Gasteiger partial charge in [0.25, 0.3) is 5.91 Å². The predicted molar refractivity (Wildman–Crippen MR) is 81.9 cm³/mol. The van der Waals surface area contributed by atoms with Crippen molar-refractivity contribution in [3.8, 4) is 5.75 Å². The van der Waals surface area contributed by atoms with Gasteiger partial charge >= 0.3 is 0 Å². The van der Waals surface area contributed by atoms with E-state index in [2.05, 4.69) is 12.1 Å². The number of hydrogen-bond acceptors (Lipinski definition) is 3. The second-order valence-corrected chi connectivity index (χ2v) is 5.20. The third kappa shape index (κ3) is 3.16. The number of carbonyl (C=O) groups is 1. The van der Waals surface area contributed by atoms with Crippen molar-refractivity contribution in [1.29, 1.82) is 0 Å². The molecule has 108 valence electrons. The first-order valence-corrected chi connectivity index (χ1v) is 7.05. The lowest BCUT2D eigenvalue weighted by Crippen LogP contribution is -2.38. The van der Waals surface area contributed by atoms with Crippen molar-refractivity contribution in [2.45, 2.75) is 13.0 Å². The SMILES string of the molecule is Nc1cccc(OCC(=O)N2CCc3ccccc3C2)c1. The average molecular weight is 282 g/mol. The fourth-order valence-corrected chi connectivity index (χ4v) is 2.55. The van der Waals surface area contributed by atoms with Gasteiger partial charge in [0.1, 0.15) is 5.75 Å². The molecule has 1 aliphatic rings. The first-order valence-electron chi connectivity index (χ1n) is 7.05. The summed E-state index contributed by atoms with van der Waals surface area (Å²) < 4.78 is 5.52. The van der Waals surface area contributed by atoms with Crippen molar-refractivity contribution in [2.24, 2.45) is 0 Å². The van der Waals surface area contributed by atoms with E-state index in [0.29, 0.717) is 18.0 Å². The molecule has 1 heterocycles. The molecular formula is C17H18N2O2. The molecule has 0 radical (unpaired) electrons. The Hall–Kier alpha value is -2.49. The van der Waals surface area contributed by atoms with Gasteiger partial charge in [0.05, 0.1) is 0 Å². The number of amides is 1. The zero-order chi connectivity index (χ0) is 14.7. The molecule has 0 saturated heterocycles. The van der Waals surface area contributed by atoms with Crippen LogP contribution in [0.1, 0.15) is 11.1 Å². The fraction of sp³-hybridized carbons (Fsp3) is 0.235. The molecule has 0 spiro atoms. The first-order chi connectivity index (χ1) is 10.2. The van der Waals surface area contributed by atoms with Crippen LogP contribution in [0, 0.1) is 0 Å². The van der Waals surface area contributed by atoms with Crippen molar-refractivity contribution in [1.82, 2.24) is 4.90 Å². The standard InChI is InChI=1S/C17H18N2O2/c18-15-6-3-7-16(10-15)21-12-17(20)19-9-8-13-4-1-2-5-14(13)11-19/h1-7,10H,8-9,11-12,18H2. The molecule has 0 fully saturated rings. The number of nitrogen functional groups attached to an aromatic ring is 1. The molecule has 2 aromatic carbocycles. The summed E-state index contributed by atoms with van der Waals surface area (Å²) >= 11 is 0. The largest absolute Gasteiger partial charge is 0.484 e. The van der Waals surface area contributed by atoms with Crippen LogP contribution in [0.4, 0.5) is 5.69 Å². The first kappa shape index (κ1) is 13.5. The zero-order valence-electron chi connectivity index (χ0n) is 11.8. The topological polar surface area (TPSA) is 55.6 Å². The smallest absolute Gasteiger partial charge is 0.260 e. The second kappa shape index (κ2) is 5.87. The molecule has 4 heteroatoms. The molecule has 4 nitrogen and oxygen atoms in total. The van der Waals surface area contributed by atoms with Gasteiger partial charge in [0.15, 0.2) is 6.61 Å². The number of nitrogens with zero attached hydrogens (tertiary/aromatic N) is 1. The Morgan fingerprint density at radius 2 is 1.95 bits per heavy atom. The van der Waals surface area contributed by atoms with E-state index in [-0.39, 0.29) is 12.5 Å². The molecule has 0 aromatic heterocycles. The molecule has 21 heavy (non-hydrogen) atoms. The third-order valence-electron chi connectivity index (χ3n) is 3.70. The molecule has 0 aliphatic carbocycles. The average Bonchev–Trinajstić information content (AvgIpc) is 2.52. The van der Waals surface area contributed by atoms with Gasteiger partial charge in [-0.05, 0) is 29.7 Å². The highest BCUT2D eigenvalue weighted by Gasteiger charge is 2.20. The molecule has 0 saturated carbocycles. The van der Waals surface area contributed by atoms with Gasteiger partial charge in [-0.15, -0.1) is 0 Å². The van der Waals surface area contributed by atoms with Crippen molar-refractivity contribution in [2.75, 3.05) is 18.9 Å². The van der Waals surface area contributed by atoms with E-state index in [9.17, 15) is 4.79 Å². The lowest BCUT2D eigenvalue weighted by atomic mass is 10.00. The number of hydrogen-bond donors (Lipinski definition) is 1. The predicted octanol–water partition coefficient (Wildman–Crippen LogP) is 2.23. The maximum atomic E-state index is 12.2. The van der Waals surface area contributed by atoms with Gasteiger partial charge in [-0.1, -0.05) is 30.3 Å². The minimum Gasteiger partial charge on any atom is -0.484 e. The van der Waals surface area contributed by atoms with Gasteiger partial charge in [0, 0.05) is 24.8 Å². The molecule has 0 unspecified atom stereocenters. The molecule has 1 aliphatic heterocycles. The second-order valence-electron chi connectivity index (χ2n) is 5.20. The number of fused-ring (bicyclic) bond motifs is 1. The highest BCUT2D eigenvalue weighted by Crippen LogP contribution is 2.19. The van der Waals surface area contributed by atoms with Crippen molar-refractivity contribution in [3.05, 3.63) is 59.7 Å². The lowest BCUT2D eigenvalue weighted by molar-refractivity contribution is -0.134. The molecule has 0 bridgehead atoms. The van der Waals surface area contributed by atoms with Crippen LogP contribution in [-0.2, 0) is 17.8 Å². The fourth-order valence-electron chi connectivity index (χ4n) is 2.55. The Morgan fingerprint density at radius 3 is 2.76 bits per heavy atom. The van der Waals surface area contributed by atoms with E-state index in [1.165, 1.54) is 11.1 Å². The Bertz CT molecular complexity index is 655. The summed E-state index contributed by atoms with van der Waals surface area (Å²) in [6, 6.07) is 15.4. The van der Waals surface area contributed by atoms with E-state index in [1.54, 1.807) is 18.2 Å². The van der Waals surface area contributed by atoms with Gasteiger partial charge < -0.3 is 15.4 Å². The van der Waals surface area contributed by atoms with E-state index < -0.39 is 0 Å². The van der Waals surface area contributed by atoms with Crippen LogP contribution in [0.3, 0.4) is 0 Å². The van der Waals surface area contributed by atoms with Crippen molar-refractivity contribution >= 4 is 11.6 Å². The summed E-state index contributed by atoms with van der Waals surface area (Å²) in [7, 11) is 0. The van der Waals surface area contributed by atoms with E-state index in [1.807, 2.05) is 23.1 Å². The highest BCUT2D eigenvalue weighted by atomic mass is 16.5. The summed E-state index contributed by atoms with van der Waals surface area (Å²) in [6.07, 6.45) is 0.903. The van der Waals surface area contributed by atoms with E-state index >= 15 is 0 Å². The normalized spacial score (nSPS) is 13.6. The molecule has 1 amide bonds. The minimum absolute atomic E-state index is 0.00641. The van der Waals surface area contributed by atoms with Crippen molar-refractivity contribution < 1.29 is 9.53 Å². The Balaban J connectivity index is 1.59. The summed E-state index contributed by atoms with van der Waals surface area (Å²) in [5, 5.41) is 0. The van der Waals surface area contributed by atoms with Crippen molar-refractivity contribution in [3.63, 3.8) is 0 Å². The van der Waals surface area contributed by atoms with Gasteiger partial charge in [-0.2, -0.15) is 0 Å². The quantitative estimate of drug-likeness (QED) is 0.878. The summed E-state index contributed by atoms with van der Waals surface area (Å²) in [4.78, 5) is 14.1.